The van der Waals surface area contributed by atoms with Crippen LogP contribution in [0.2, 0.25) is 15.3 Å². The largest absolute Gasteiger partial charge is 0.221 e. The van der Waals surface area contributed by atoms with E-state index in [2.05, 4.69) is 9.97 Å². The van der Waals surface area contributed by atoms with Gasteiger partial charge in [0, 0.05) is 17.5 Å². The first-order valence-corrected chi connectivity index (χ1v) is 5.70. The van der Waals surface area contributed by atoms with Crippen LogP contribution in [-0.2, 0) is 6.42 Å². The summed E-state index contributed by atoms with van der Waals surface area (Å²) in [4.78, 5) is 8.18. The summed E-state index contributed by atoms with van der Waals surface area (Å²) >= 11 is 17.4. The molecule has 1 heterocycles. The molecule has 82 valence electrons. The Kier molecular flexibility index (Phi) is 3.64. The highest BCUT2D eigenvalue weighted by molar-refractivity contribution is 6.33. The van der Waals surface area contributed by atoms with E-state index in [9.17, 15) is 0 Å². The minimum atomic E-state index is 0.351. The first-order chi connectivity index (χ1) is 7.63. The van der Waals surface area contributed by atoms with Gasteiger partial charge in [-0.15, -0.1) is 0 Å². The molecule has 5 heteroatoms. The van der Waals surface area contributed by atoms with Crippen LogP contribution in [0, 0.1) is 0 Å². The van der Waals surface area contributed by atoms with Crippen molar-refractivity contribution < 1.29 is 0 Å². The lowest BCUT2D eigenvalue weighted by molar-refractivity contribution is 0.969. The lowest BCUT2D eigenvalue weighted by atomic mass is 10.1. The Hall–Kier alpha value is -0.830. The van der Waals surface area contributed by atoms with E-state index in [1.165, 1.54) is 6.07 Å². The highest BCUT2D eigenvalue weighted by atomic mass is 35.5. The third kappa shape index (κ3) is 3.08. The molecule has 16 heavy (non-hydrogen) atoms. The van der Waals surface area contributed by atoms with Gasteiger partial charge >= 0.3 is 0 Å². The van der Waals surface area contributed by atoms with E-state index >= 15 is 0 Å². The number of benzene rings is 1. The van der Waals surface area contributed by atoms with Gasteiger partial charge in [-0.3, -0.25) is 0 Å². The molecule has 1 aromatic carbocycles. The van der Waals surface area contributed by atoms with E-state index in [0.717, 1.165) is 5.56 Å². The molecule has 0 fully saturated rings. The van der Waals surface area contributed by atoms with Crippen LogP contribution in [-0.4, -0.2) is 9.97 Å². The highest BCUT2D eigenvalue weighted by Gasteiger charge is 2.03. The predicted molar refractivity (Wildman–Crippen MR) is 66.3 cm³/mol. The van der Waals surface area contributed by atoms with Gasteiger partial charge in [-0.05, 0) is 17.7 Å². The van der Waals surface area contributed by atoms with Gasteiger partial charge in [-0.25, -0.2) is 9.97 Å². The fraction of sp³-hybridized carbons (Fsp3) is 0.0909. The summed E-state index contributed by atoms with van der Waals surface area (Å²) in [5.41, 5.74) is 1.06. The molecule has 0 aliphatic heterocycles. The van der Waals surface area contributed by atoms with Crippen molar-refractivity contribution in [3.8, 4) is 0 Å². The molecule has 0 radical (unpaired) electrons. The number of hydrogen-bond donors (Lipinski definition) is 0. The van der Waals surface area contributed by atoms with Crippen molar-refractivity contribution in [1.82, 2.24) is 9.97 Å². The second kappa shape index (κ2) is 5.00. The van der Waals surface area contributed by atoms with Crippen LogP contribution in [0.1, 0.15) is 11.4 Å². The molecule has 0 unspecified atom stereocenters. The predicted octanol–water partition coefficient (Wildman–Crippen LogP) is 4.03. The lowest BCUT2D eigenvalue weighted by Gasteiger charge is -2.02. The van der Waals surface area contributed by atoms with Crippen molar-refractivity contribution in [1.29, 1.82) is 0 Å². The molecule has 0 saturated heterocycles. The molecule has 0 atom stereocenters. The van der Waals surface area contributed by atoms with Crippen molar-refractivity contribution in [3.63, 3.8) is 0 Å². The summed E-state index contributed by atoms with van der Waals surface area (Å²) < 4.78 is 0. The van der Waals surface area contributed by atoms with E-state index in [0.29, 0.717) is 27.6 Å². The molecule has 0 spiro atoms. The van der Waals surface area contributed by atoms with E-state index in [1.807, 2.05) is 24.3 Å². The summed E-state index contributed by atoms with van der Waals surface area (Å²) in [6, 6.07) is 8.99. The second-order valence-corrected chi connectivity index (χ2v) is 4.44. The third-order valence-corrected chi connectivity index (χ3v) is 2.62. The maximum Gasteiger partial charge on any atom is 0.136 e. The molecule has 0 N–H and O–H groups in total. The summed E-state index contributed by atoms with van der Waals surface area (Å²) in [7, 11) is 0. The van der Waals surface area contributed by atoms with Crippen molar-refractivity contribution in [2.24, 2.45) is 0 Å². The number of nitrogens with zero attached hydrogens (tertiary/aromatic N) is 2. The van der Waals surface area contributed by atoms with Gasteiger partial charge in [0.05, 0.1) is 0 Å². The zero-order valence-corrected chi connectivity index (χ0v) is 10.4. The number of halogens is 3. The quantitative estimate of drug-likeness (QED) is 0.772. The molecule has 2 nitrogen and oxygen atoms in total. The Morgan fingerprint density at radius 3 is 2.00 bits per heavy atom. The number of aromatic nitrogens is 2. The smallest absolute Gasteiger partial charge is 0.136 e. The van der Waals surface area contributed by atoms with E-state index in [-0.39, 0.29) is 0 Å². The Bertz CT molecular complexity index is 477. The first kappa shape index (κ1) is 11.6. The van der Waals surface area contributed by atoms with Crippen LogP contribution in [0.5, 0.6) is 0 Å². The van der Waals surface area contributed by atoms with Crippen molar-refractivity contribution in [3.05, 3.63) is 57.0 Å². The maximum atomic E-state index is 5.79. The summed E-state index contributed by atoms with van der Waals surface area (Å²) in [6.07, 6.45) is 0.581. The number of rotatable bonds is 2. The summed E-state index contributed by atoms with van der Waals surface area (Å²) in [5, 5.41) is 1.40. The van der Waals surface area contributed by atoms with Gasteiger partial charge in [-0.2, -0.15) is 0 Å². The molecule has 0 amide bonds. The standard InChI is InChI=1S/C11H7Cl3N2/c12-8-3-1-7(2-4-8)5-11-15-9(13)6-10(14)16-11/h1-4,6H,5H2. The number of hydrogen-bond acceptors (Lipinski definition) is 2. The third-order valence-electron chi connectivity index (χ3n) is 1.99. The van der Waals surface area contributed by atoms with Crippen LogP contribution in [0.15, 0.2) is 30.3 Å². The van der Waals surface area contributed by atoms with Crippen LogP contribution in [0.4, 0.5) is 0 Å². The fourth-order valence-electron chi connectivity index (χ4n) is 1.30. The Morgan fingerprint density at radius 2 is 1.44 bits per heavy atom. The molecular formula is C11H7Cl3N2. The van der Waals surface area contributed by atoms with Gasteiger partial charge in [-0.1, -0.05) is 46.9 Å². The minimum Gasteiger partial charge on any atom is -0.221 e. The van der Waals surface area contributed by atoms with E-state index in [1.54, 1.807) is 0 Å². The van der Waals surface area contributed by atoms with Crippen molar-refractivity contribution in [2.45, 2.75) is 6.42 Å². The summed E-state index contributed by atoms with van der Waals surface area (Å²) in [6.45, 7) is 0. The molecule has 0 aliphatic rings. The fourth-order valence-corrected chi connectivity index (χ4v) is 1.88. The minimum absolute atomic E-state index is 0.351. The lowest BCUT2D eigenvalue weighted by Crippen LogP contribution is -1.96. The van der Waals surface area contributed by atoms with Crippen LogP contribution < -0.4 is 0 Å². The topological polar surface area (TPSA) is 25.8 Å². The molecule has 2 rings (SSSR count). The normalized spacial score (nSPS) is 10.4. The van der Waals surface area contributed by atoms with Crippen LogP contribution in [0.25, 0.3) is 0 Å². The molecular weight excluding hydrogens is 266 g/mol. The molecule has 0 bridgehead atoms. The Labute approximate surface area is 108 Å². The van der Waals surface area contributed by atoms with E-state index in [4.69, 9.17) is 34.8 Å². The SMILES string of the molecule is Clc1ccc(Cc2nc(Cl)cc(Cl)n2)cc1. The van der Waals surface area contributed by atoms with Crippen LogP contribution in [0.3, 0.4) is 0 Å². The summed E-state index contributed by atoms with van der Waals surface area (Å²) in [5.74, 6) is 0.597. The van der Waals surface area contributed by atoms with Gasteiger partial charge in [0.2, 0.25) is 0 Å². The van der Waals surface area contributed by atoms with Crippen molar-refractivity contribution in [2.75, 3.05) is 0 Å². The second-order valence-electron chi connectivity index (χ2n) is 3.23. The van der Waals surface area contributed by atoms with Gasteiger partial charge in [0.15, 0.2) is 0 Å². The molecule has 1 aromatic heterocycles. The van der Waals surface area contributed by atoms with Crippen LogP contribution >= 0.6 is 34.8 Å². The van der Waals surface area contributed by atoms with Crippen molar-refractivity contribution >= 4 is 34.8 Å². The Morgan fingerprint density at radius 1 is 0.875 bits per heavy atom. The average molecular weight is 274 g/mol. The van der Waals surface area contributed by atoms with Gasteiger partial charge in [0.25, 0.3) is 0 Å². The molecule has 2 aromatic rings. The Balaban J connectivity index is 2.23. The zero-order valence-electron chi connectivity index (χ0n) is 8.12. The zero-order chi connectivity index (χ0) is 11.5. The maximum absolute atomic E-state index is 5.79. The molecule has 0 saturated carbocycles. The van der Waals surface area contributed by atoms with E-state index < -0.39 is 0 Å². The average Bonchev–Trinajstić information content (AvgIpc) is 2.20. The highest BCUT2D eigenvalue weighted by Crippen LogP contribution is 2.15. The molecule has 0 aliphatic carbocycles. The first-order valence-electron chi connectivity index (χ1n) is 4.57. The monoisotopic (exact) mass is 272 g/mol. The van der Waals surface area contributed by atoms with Gasteiger partial charge in [0.1, 0.15) is 16.1 Å². The van der Waals surface area contributed by atoms with Gasteiger partial charge < -0.3 is 0 Å².